The molecule has 6 nitrogen and oxygen atoms in total. The van der Waals surface area contributed by atoms with E-state index in [1.165, 1.54) is 11.6 Å². The molecule has 0 N–H and O–H groups in total. The summed E-state index contributed by atoms with van der Waals surface area (Å²) >= 11 is 0. The van der Waals surface area contributed by atoms with Gasteiger partial charge in [0.15, 0.2) is 5.65 Å². The summed E-state index contributed by atoms with van der Waals surface area (Å²) in [5.41, 5.74) is 2.94. The number of rotatable bonds is 3. The van der Waals surface area contributed by atoms with Crippen LogP contribution in [0.3, 0.4) is 0 Å². The van der Waals surface area contributed by atoms with Crippen LogP contribution < -0.4 is 0 Å². The number of carbonyl (C=O) groups excluding carboxylic acids is 1. The van der Waals surface area contributed by atoms with Gasteiger partial charge < -0.3 is 4.90 Å². The maximum atomic E-state index is 13.8. The molecule has 2 aromatic heterocycles. The first-order valence-electron chi connectivity index (χ1n) is 9.62. The minimum absolute atomic E-state index is 0.0535. The van der Waals surface area contributed by atoms with Gasteiger partial charge in [0, 0.05) is 45.2 Å². The molecule has 1 aromatic carbocycles. The van der Waals surface area contributed by atoms with Gasteiger partial charge in [-0.3, -0.25) is 9.69 Å². The Hall–Kier alpha value is -2.80. The van der Waals surface area contributed by atoms with Crippen molar-refractivity contribution >= 4 is 11.6 Å². The molecule has 144 valence electrons. The van der Waals surface area contributed by atoms with Crippen LogP contribution in [-0.2, 0) is 11.3 Å². The molecular formula is C21H22FN5O. The van der Waals surface area contributed by atoms with E-state index in [0.29, 0.717) is 11.8 Å². The van der Waals surface area contributed by atoms with Crippen LogP contribution in [0.25, 0.3) is 5.65 Å². The molecule has 2 fully saturated rings. The van der Waals surface area contributed by atoms with Crippen molar-refractivity contribution < 1.29 is 9.18 Å². The lowest BCUT2D eigenvalue weighted by Gasteiger charge is -2.29. The van der Waals surface area contributed by atoms with Crippen molar-refractivity contribution in [2.24, 2.45) is 11.8 Å². The summed E-state index contributed by atoms with van der Waals surface area (Å²) in [5, 5.41) is 4.14. The second kappa shape index (κ2) is 6.67. The van der Waals surface area contributed by atoms with E-state index in [4.69, 9.17) is 0 Å². The molecule has 28 heavy (non-hydrogen) atoms. The minimum Gasteiger partial charge on any atom is -0.335 e. The highest BCUT2D eigenvalue weighted by molar-refractivity contribution is 5.74. The van der Waals surface area contributed by atoms with Crippen LogP contribution in [0.4, 0.5) is 4.39 Å². The van der Waals surface area contributed by atoms with Crippen molar-refractivity contribution in [3.8, 4) is 0 Å². The summed E-state index contributed by atoms with van der Waals surface area (Å²) in [6.07, 6.45) is 3.49. The number of likely N-dealkylation sites (tertiary alicyclic amines) is 2. The van der Waals surface area contributed by atoms with E-state index in [-0.39, 0.29) is 17.8 Å². The average Bonchev–Trinajstić information content (AvgIpc) is 3.35. The summed E-state index contributed by atoms with van der Waals surface area (Å²) in [6, 6.07) is 10.8. The molecular weight excluding hydrogens is 357 g/mol. The summed E-state index contributed by atoms with van der Waals surface area (Å²) in [7, 11) is 0. The molecule has 4 heterocycles. The zero-order valence-electron chi connectivity index (χ0n) is 15.7. The molecule has 0 radical (unpaired) electrons. The highest BCUT2D eigenvalue weighted by atomic mass is 19.1. The Labute approximate surface area is 162 Å². The minimum atomic E-state index is -0.249. The van der Waals surface area contributed by atoms with E-state index < -0.39 is 0 Å². The Bertz CT molecular complexity index is 1030. The second-order valence-electron chi connectivity index (χ2n) is 7.89. The highest BCUT2D eigenvalue weighted by Crippen LogP contribution is 2.45. The van der Waals surface area contributed by atoms with Gasteiger partial charge in [-0.25, -0.2) is 13.9 Å². The van der Waals surface area contributed by atoms with Gasteiger partial charge in [-0.1, -0.05) is 12.1 Å². The van der Waals surface area contributed by atoms with Gasteiger partial charge in [0.25, 0.3) is 0 Å². The van der Waals surface area contributed by atoms with Crippen molar-refractivity contribution in [1.82, 2.24) is 24.4 Å². The number of nitrogens with zero attached hydrogens (tertiary/aromatic N) is 5. The lowest BCUT2D eigenvalue weighted by molar-refractivity contribution is -0.130. The van der Waals surface area contributed by atoms with E-state index in [2.05, 4.69) is 27.1 Å². The third kappa shape index (κ3) is 2.96. The topological polar surface area (TPSA) is 53.7 Å². The van der Waals surface area contributed by atoms with Crippen molar-refractivity contribution in [2.45, 2.75) is 19.5 Å². The van der Waals surface area contributed by atoms with E-state index in [0.717, 1.165) is 37.4 Å². The fourth-order valence-corrected chi connectivity index (χ4v) is 4.92. The molecule has 0 bridgehead atoms. The van der Waals surface area contributed by atoms with Crippen molar-refractivity contribution in [3.63, 3.8) is 0 Å². The Kier molecular flexibility index (Phi) is 4.12. The number of benzene rings is 1. The lowest BCUT2D eigenvalue weighted by atomic mass is 9.89. The molecule has 3 atom stereocenters. The van der Waals surface area contributed by atoms with Gasteiger partial charge >= 0.3 is 0 Å². The molecule has 2 aliphatic heterocycles. The summed E-state index contributed by atoms with van der Waals surface area (Å²) in [4.78, 5) is 20.8. The number of hydrogen-bond acceptors (Lipinski definition) is 4. The quantitative estimate of drug-likeness (QED) is 0.702. The van der Waals surface area contributed by atoms with Crippen LogP contribution in [-0.4, -0.2) is 49.9 Å². The number of aromatic nitrogens is 3. The van der Waals surface area contributed by atoms with Gasteiger partial charge in [0.2, 0.25) is 5.91 Å². The van der Waals surface area contributed by atoms with Crippen molar-refractivity contribution in [3.05, 3.63) is 65.9 Å². The van der Waals surface area contributed by atoms with E-state index in [9.17, 15) is 9.18 Å². The Morgan fingerprint density at radius 3 is 2.93 bits per heavy atom. The van der Waals surface area contributed by atoms with Gasteiger partial charge in [-0.15, -0.1) is 0 Å². The third-order valence-corrected chi connectivity index (χ3v) is 6.09. The molecule has 1 amide bonds. The molecule has 2 aliphatic rings. The first-order valence-corrected chi connectivity index (χ1v) is 9.62. The van der Waals surface area contributed by atoms with E-state index >= 15 is 0 Å². The van der Waals surface area contributed by atoms with E-state index in [1.54, 1.807) is 29.9 Å². The Morgan fingerprint density at radius 2 is 2.11 bits per heavy atom. The molecule has 3 aromatic rings. The van der Waals surface area contributed by atoms with Gasteiger partial charge in [0.05, 0.1) is 6.04 Å². The maximum absolute atomic E-state index is 13.8. The highest BCUT2D eigenvalue weighted by Gasteiger charge is 2.48. The molecule has 0 spiro atoms. The van der Waals surface area contributed by atoms with Crippen LogP contribution in [0.15, 0.2) is 48.9 Å². The molecule has 2 saturated heterocycles. The van der Waals surface area contributed by atoms with Crippen LogP contribution in [0, 0.1) is 17.7 Å². The van der Waals surface area contributed by atoms with E-state index in [1.807, 2.05) is 17.2 Å². The van der Waals surface area contributed by atoms with Gasteiger partial charge in [-0.05, 0) is 41.3 Å². The van der Waals surface area contributed by atoms with Crippen molar-refractivity contribution in [1.29, 1.82) is 0 Å². The summed E-state index contributed by atoms with van der Waals surface area (Å²) in [6.45, 7) is 5.03. The summed E-state index contributed by atoms with van der Waals surface area (Å²) in [5.74, 6) is 0.546. The largest absolute Gasteiger partial charge is 0.335 e. The van der Waals surface area contributed by atoms with Gasteiger partial charge in [-0.2, -0.15) is 5.10 Å². The molecule has 0 aliphatic carbocycles. The number of halogens is 1. The molecule has 0 unspecified atom stereocenters. The second-order valence-corrected chi connectivity index (χ2v) is 7.89. The molecule has 0 saturated carbocycles. The first-order chi connectivity index (χ1) is 13.6. The predicted molar refractivity (Wildman–Crippen MR) is 102 cm³/mol. The normalized spacial score (nSPS) is 24.8. The number of pyridine rings is 1. The first kappa shape index (κ1) is 17.3. The fourth-order valence-electron chi connectivity index (χ4n) is 4.92. The van der Waals surface area contributed by atoms with Crippen LogP contribution in [0.1, 0.15) is 24.1 Å². The SMILES string of the molecule is CC(=O)N1C[C@H]2CN(Cc3ccn4ncnc4c3)C[C@H]2[C@@H]1c1cccc(F)c1. The standard InChI is InChI=1S/C21H22FN5O/c1-14(28)26-11-17-10-25(9-15-5-6-27-20(7-15)23-13-24-27)12-19(17)21(26)16-3-2-4-18(22)8-16/h2-8,13,17,19,21H,9-12H2,1H3/t17-,19-,21+/m1/s1. The van der Waals surface area contributed by atoms with Gasteiger partial charge in [0.1, 0.15) is 12.1 Å². The number of carbonyl (C=O) groups is 1. The summed E-state index contributed by atoms with van der Waals surface area (Å²) < 4.78 is 15.6. The smallest absolute Gasteiger partial charge is 0.219 e. The van der Waals surface area contributed by atoms with Crippen LogP contribution >= 0.6 is 0 Å². The fraction of sp³-hybridized carbons (Fsp3) is 0.381. The molecule has 7 heteroatoms. The maximum Gasteiger partial charge on any atom is 0.219 e. The monoisotopic (exact) mass is 379 g/mol. The number of hydrogen-bond donors (Lipinski definition) is 0. The molecule has 5 rings (SSSR count). The lowest BCUT2D eigenvalue weighted by Crippen LogP contribution is -2.34. The van der Waals surface area contributed by atoms with Crippen LogP contribution in [0.5, 0.6) is 0 Å². The van der Waals surface area contributed by atoms with Crippen molar-refractivity contribution in [2.75, 3.05) is 19.6 Å². The number of amides is 1. The zero-order chi connectivity index (χ0) is 19.3. The zero-order valence-corrected chi connectivity index (χ0v) is 15.7. The third-order valence-electron chi connectivity index (χ3n) is 6.09. The predicted octanol–water partition coefficient (Wildman–Crippen LogP) is 2.52. The van der Waals surface area contributed by atoms with Crippen LogP contribution in [0.2, 0.25) is 0 Å². The Balaban J connectivity index is 1.37. The Morgan fingerprint density at radius 1 is 1.21 bits per heavy atom. The average molecular weight is 379 g/mol. The number of fused-ring (bicyclic) bond motifs is 2.